The molecule has 0 spiro atoms. The molecule has 0 aliphatic carbocycles. The molecule has 0 aromatic heterocycles. The number of aryl methyl sites for hydroxylation is 1. The first-order chi connectivity index (χ1) is 10.1. The number of carbonyl (C=O) groups excluding carboxylic acids is 1. The Balaban J connectivity index is 1.90. The predicted molar refractivity (Wildman–Crippen MR) is 90.9 cm³/mol. The van der Waals surface area contributed by atoms with Crippen molar-refractivity contribution in [1.29, 1.82) is 0 Å². The Morgan fingerprint density at radius 2 is 1.90 bits per heavy atom. The Kier molecular flexibility index (Phi) is 5.83. The van der Waals surface area contributed by atoms with Gasteiger partial charge >= 0.3 is 0 Å². The van der Waals surface area contributed by atoms with Crippen molar-refractivity contribution < 1.29 is 4.79 Å². The Morgan fingerprint density at radius 3 is 2.57 bits per heavy atom. The number of nitrogens with zero attached hydrogens (tertiary/aromatic N) is 1. The summed E-state index contributed by atoms with van der Waals surface area (Å²) >= 11 is 9.29. The van der Waals surface area contributed by atoms with Crippen molar-refractivity contribution in [2.75, 3.05) is 13.6 Å². The lowest BCUT2D eigenvalue weighted by atomic mass is 10.1. The molecule has 2 nitrogen and oxygen atoms in total. The summed E-state index contributed by atoms with van der Waals surface area (Å²) in [6, 6.07) is 15.5. The fourth-order valence-corrected chi connectivity index (χ4v) is 2.99. The molecule has 21 heavy (non-hydrogen) atoms. The fraction of sp³-hybridized carbons (Fsp3) is 0.235. The van der Waals surface area contributed by atoms with E-state index in [0.29, 0.717) is 10.6 Å². The second-order valence-corrected chi connectivity index (χ2v) is 6.23. The van der Waals surface area contributed by atoms with Crippen LogP contribution in [0.5, 0.6) is 0 Å². The smallest absolute Gasteiger partial charge is 0.254 e. The van der Waals surface area contributed by atoms with Gasteiger partial charge in [-0.15, -0.1) is 0 Å². The van der Waals surface area contributed by atoms with E-state index in [-0.39, 0.29) is 5.91 Å². The number of rotatable bonds is 5. The maximum Gasteiger partial charge on any atom is 0.254 e. The SMILES string of the molecule is CN(CCCc1ccccc1)C(=O)c1ccc(Cl)cc1Br. The van der Waals surface area contributed by atoms with E-state index in [1.54, 1.807) is 23.1 Å². The molecule has 0 aliphatic rings. The van der Waals surface area contributed by atoms with E-state index in [1.807, 2.05) is 25.2 Å². The van der Waals surface area contributed by atoms with E-state index < -0.39 is 0 Å². The molecule has 0 saturated heterocycles. The number of carbonyl (C=O) groups is 1. The van der Waals surface area contributed by atoms with Crippen molar-refractivity contribution in [3.63, 3.8) is 0 Å². The molecule has 2 rings (SSSR count). The van der Waals surface area contributed by atoms with Crippen LogP contribution in [-0.4, -0.2) is 24.4 Å². The second kappa shape index (κ2) is 7.62. The number of amides is 1. The van der Waals surface area contributed by atoms with Crippen LogP contribution >= 0.6 is 27.5 Å². The van der Waals surface area contributed by atoms with Crippen LogP contribution in [-0.2, 0) is 6.42 Å². The van der Waals surface area contributed by atoms with E-state index >= 15 is 0 Å². The summed E-state index contributed by atoms with van der Waals surface area (Å²) < 4.78 is 0.731. The van der Waals surface area contributed by atoms with Crippen LogP contribution in [0.3, 0.4) is 0 Å². The van der Waals surface area contributed by atoms with Crippen LogP contribution in [0.15, 0.2) is 53.0 Å². The average Bonchev–Trinajstić information content (AvgIpc) is 2.47. The normalized spacial score (nSPS) is 10.4. The van der Waals surface area contributed by atoms with Gasteiger partial charge in [-0.3, -0.25) is 4.79 Å². The van der Waals surface area contributed by atoms with Gasteiger partial charge < -0.3 is 4.90 Å². The molecule has 0 unspecified atom stereocenters. The molecule has 2 aromatic carbocycles. The standard InChI is InChI=1S/C17H17BrClNO/c1-20(11-5-8-13-6-3-2-4-7-13)17(21)15-10-9-14(19)12-16(15)18/h2-4,6-7,9-10,12H,5,8,11H2,1H3. The fourth-order valence-electron chi connectivity index (χ4n) is 2.14. The van der Waals surface area contributed by atoms with E-state index in [4.69, 9.17) is 11.6 Å². The molecule has 0 aliphatic heterocycles. The third-order valence-corrected chi connectivity index (χ3v) is 4.20. The number of hydrogen-bond acceptors (Lipinski definition) is 1. The minimum atomic E-state index is 0.00611. The number of hydrogen-bond donors (Lipinski definition) is 0. The van der Waals surface area contributed by atoms with Gasteiger partial charge in [0.1, 0.15) is 0 Å². The van der Waals surface area contributed by atoms with Gasteiger partial charge in [0.2, 0.25) is 0 Å². The Morgan fingerprint density at radius 1 is 1.19 bits per heavy atom. The largest absolute Gasteiger partial charge is 0.342 e. The highest BCUT2D eigenvalue weighted by atomic mass is 79.9. The van der Waals surface area contributed by atoms with Crippen LogP contribution in [0.2, 0.25) is 5.02 Å². The summed E-state index contributed by atoms with van der Waals surface area (Å²) in [5.41, 5.74) is 1.94. The van der Waals surface area contributed by atoms with Crippen LogP contribution in [0.25, 0.3) is 0 Å². The lowest BCUT2D eigenvalue weighted by molar-refractivity contribution is 0.0792. The van der Waals surface area contributed by atoms with E-state index in [0.717, 1.165) is 23.9 Å². The predicted octanol–water partition coefficient (Wildman–Crippen LogP) is 4.81. The van der Waals surface area contributed by atoms with Crippen LogP contribution in [0.4, 0.5) is 0 Å². The van der Waals surface area contributed by atoms with Gasteiger partial charge in [0, 0.05) is 23.1 Å². The van der Waals surface area contributed by atoms with Crippen LogP contribution in [0, 0.1) is 0 Å². The molecular formula is C17H17BrClNO. The molecule has 0 bridgehead atoms. The van der Waals surface area contributed by atoms with Gasteiger partial charge in [0.25, 0.3) is 5.91 Å². The topological polar surface area (TPSA) is 20.3 Å². The summed E-state index contributed by atoms with van der Waals surface area (Å²) in [5.74, 6) is 0.00611. The molecule has 0 radical (unpaired) electrons. The first-order valence-electron chi connectivity index (χ1n) is 6.82. The molecule has 110 valence electrons. The van der Waals surface area contributed by atoms with Gasteiger partial charge in [-0.25, -0.2) is 0 Å². The Labute approximate surface area is 138 Å². The average molecular weight is 367 g/mol. The molecule has 0 fully saturated rings. The minimum absolute atomic E-state index is 0.00611. The Bertz CT molecular complexity index is 615. The summed E-state index contributed by atoms with van der Waals surface area (Å²) in [4.78, 5) is 14.1. The first-order valence-corrected chi connectivity index (χ1v) is 7.99. The summed E-state index contributed by atoms with van der Waals surface area (Å²) in [5, 5.41) is 0.616. The first kappa shape index (κ1) is 16.1. The summed E-state index contributed by atoms with van der Waals surface area (Å²) in [6.07, 6.45) is 1.91. The van der Waals surface area contributed by atoms with Crippen LogP contribution < -0.4 is 0 Å². The van der Waals surface area contributed by atoms with E-state index in [2.05, 4.69) is 28.1 Å². The monoisotopic (exact) mass is 365 g/mol. The van der Waals surface area contributed by atoms with Crippen molar-refractivity contribution in [1.82, 2.24) is 4.90 Å². The zero-order chi connectivity index (χ0) is 15.2. The molecule has 1 amide bonds. The van der Waals surface area contributed by atoms with Gasteiger partial charge in [-0.05, 0) is 52.5 Å². The van der Waals surface area contributed by atoms with Crippen molar-refractivity contribution >= 4 is 33.4 Å². The number of halogens is 2. The van der Waals surface area contributed by atoms with Crippen molar-refractivity contribution in [2.45, 2.75) is 12.8 Å². The van der Waals surface area contributed by atoms with Gasteiger partial charge in [0.05, 0.1) is 5.56 Å². The quantitative estimate of drug-likeness (QED) is 0.744. The van der Waals surface area contributed by atoms with Crippen LogP contribution in [0.1, 0.15) is 22.3 Å². The molecule has 0 heterocycles. The maximum absolute atomic E-state index is 12.4. The van der Waals surface area contributed by atoms with E-state index in [1.165, 1.54) is 5.56 Å². The van der Waals surface area contributed by atoms with Crippen molar-refractivity contribution in [3.8, 4) is 0 Å². The highest BCUT2D eigenvalue weighted by Gasteiger charge is 2.14. The maximum atomic E-state index is 12.4. The highest BCUT2D eigenvalue weighted by molar-refractivity contribution is 9.10. The minimum Gasteiger partial charge on any atom is -0.342 e. The van der Waals surface area contributed by atoms with Crippen molar-refractivity contribution in [2.24, 2.45) is 0 Å². The zero-order valence-electron chi connectivity index (χ0n) is 11.9. The van der Waals surface area contributed by atoms with Crippen molar-refractivity contribution in [3.05, 3.63) is 69.2 Å². The molecule has 0 N–H and O–H groups in total. The molecule has 0 atom stereocenters. The number of benzene rings is 2. The van der Waals surface area contributed by atoms with E-state index in [9.17, 15) is 4.79 Å². The molecular weight excluding hydrogens is 350 g/mol. The molecule has 2 aromatic rings. The zero-order valence-corrected chi connectivity index (χ0v) is 14.2. The molecule has 0 saturated carbocycles. The third-order valence-electron chi connectivity index (χ3n) is 3.31. The molecule has 4 heteroatoms. The second-order valence-electron chi connectivity index (χ2n) is 4.94. The Hall–Kier alpha value is -1.32. The third kappa shape index (κ3) is 4.58. The highest BCUT2D eigenvalue weighted by Crippen LogP contribution is 2.22. The van der Waals surface area contributed by atoms with Gasteiger partial charge in [-0.1, -0.05) is 41.9 Å². The van der Waals surface area contributed by atoms with Gasteiger partial charge in [0.15, 0.2) is 0 Å². The summed E-state index contributed by atoms with van der Waals surface area (Å²) in [6.45, 7) is 0.725. The lowest BCUT2D eigenvalue weighted by Crippen LogP contribution is -2.28. The van der Waals surface area contributed by atoms with Gasteiger partial charge in [-0.2, -0.15) is 0 Å². The lowest BCUT2D eigenvalue weighted by Gasteiger charge is -2.18. The summed E-state index contributed by atoms with van der Waals surface area (Å²) in [7, 11) is 1.83.